The van der Waals surface area contributed by atoms with E-state index < -0.39 is 44.0 Å². The van der Waals surface area contributed by atoms with Crippen LogP contribution >= 0.6 is 11.6 Å². The first kappa shape index (κ1) is 33.6. The largest absolute Gasteiger partial charge is 0.506 e. The lowest BCUT2D eigenvalue weighted by atomic mass is 10.0. The zero-order valence-corrected chi connectivity index (χ0v) is 26.0. The summed E-state index contributed by atoms with van der Waals surface area (Å²) < 4.78 is 87.2. The van der Waals surface area contributed by atoms with E-state index in [-0.39, 0.29) is 41.6 Å². The smallest absolute Gasteiger partial charge is 0.416 e. The van der Waals surface area contributed by atoms with Crippen molar-refractivity contribution in [1.82, 2.24) is 4.31 Å². The molecule has 0 unspecified atom stereocenters. The molecular weight excluding hydrogens is 658 g/mol. The molecule has 0 amide bonds. The Hall–Kier alpha value is -4.71. The number of alkyl halides is 3. The van der Waals surface area contributed by atoms with E-state index in [1.54, 1.807) is 42.5 Å². The maximum atomic E-state index is 14.1. The van der Waals surface area contributed by atoms with Gasteiger partial charge in [0.25, 0.3) is 0 Å². The van der Waals surface area contributed by atoms with E-state index in [4.69, 9.17) is 16.3 Å². The normalized spacial score (nSPS) is 11.9. The topological polar surface area (TPSA) is 83.9 Å². The molecule has 47 heavy (non-hydrogen) atoms. The third-order valence-electron chi connectivity index (χ3n) is 7.14. The van der Waals surface area contributed by atoms with Gasteiger partial charge in [-0.3, -0.25) is 4.79 Å². The van der Waals surface area contributed by atoms with Crippen LogP contribution in [-0.4, -0.2) is 23.6 Å². The van der Waals surface area contributed by atoms with Gasteiger partial charge in [-0.05, 0) is 77.4 Å². The number of benzene rings is 5. The number of carbonyl (C=O) groups is 1. The Labute approximate surface area is 273 Å². The summed E-state index contributed by atoms with van der Waals surface area (Å²) in [6.07, 6.45) is -4.59. The van der Waals surface area contributed by atoms with Crippen LogP contribution in [0.1, 0.15) is 32.6 Å². The van der Waals surface area contributed by atoms with Crippen LogP contribution in [0.15, 0.2) is 120 Å². The first-order valence-electron chi connectivity index (χ1n) is 14.1. The van der Waals surface area contributed by atoms with Gasteiger partial charge in [0.1, 0.15) is 28.0 Å². The Kier molecular flexibility index (Phi) is 9.99. The summed E-state index contributed by atoms with van der Waals surface area (Å²) in [5.41, 5.74) is 0.508. The fourth-order valence-electron chi connectivity index (χ4n) is 4.73. The Morgan fingerprint density at radius 1 is 0.766 bits per heavy atom. The van der Waals surface area contributed by atoms with E-state index in [1.807, 2.05) is 0 Å². The zero-order valence-electron chi connectivity index (χ0n) is 24.4. The minimum atomic E-state index is -4.53. The Balaban J connectivity index is 1.43. The van der Waals surface area contributed by atoms with Crippen molar-refractivity contribution in [2.45, 2.75) is 30.6 Å². The second-order valence-electron chi connectivity index (χ2n) is 10.6. The molecule has 0 aliphatic rings. The highest BCUT2D eigenvalue weighted by Gasteiger charge is 2.32. The van der Waals surface area contributed by atoms with Crippen LogP contribution in [0, 0.1) is 5.82 Å². The number of Topliss-reactive ketones (excluding diaryl/α,β-unsaturated/α-hetero) is 1. The van der Waals surface area contributed by atoms with Crippen molar-refractivity contribution in [2.24, 2.45) is 0 Å². The van der Waals surface area contributed by atoms with E-state index in [0.29, 0.717) is 16.7 Å². The maximum absolute atomic E-state index is 14.1. The monoisotopic (exact) mass is 683 g/mol. The fraction of sp³-hybridized carbons (Fsp3) is 0.114. The molecule has 0 spiro atoms. The number of nitrogens with zero attached hydrogens (tertiary/aromatic N) is 1. The van der Waals surface area contributed by atoms with Gasteiger partial charge >= 0.3 is 6.18 Å². The molecule has 242 valence electrons. The minimum Gasteiger partial charge on any atom is -0.506 e. The van der Waals surface area contributed by atoms with Crippen LogP contribution in [-0.2, 0) is 35.7 Å². The van der Waals surface area contributed by atoms with Gasteiger partial charge in [0.15, 0.2) is 5.78 Å². The molecule has 0 atom stereocenters. The van der Waals surface area contributed by atoms with Crippen molar-refractivity contribution in [3.63, 3.8) is 0 Å². The summed E-state index contributed by atoms with van der Waals surface area (Å²) in [5, 5.41) is 11.1. The summed E-state index contributed by atoms with van der Waals surface area (Å²) in [6, 6.07) is 26.5. The van der Waals surface area contributed by atoms with E-state index in [1.165, 1.54) is 54.6 Å². The summed E-state index contributed by atoms with van der Waals surface area (Å²) in [5.74, 6) is -1.35. The third-order valence-corrected chi connectivity index (χ3v) is 9.16. The van der Waals surface area contributed by atoms with Crippen LogP contribution in [0.2, 0.25) is 5.02 Å². The van der Waals surface area contributed by atoms with Crippen LogP contribution in [0.25, 0.3) is 0 Å². The molecule has 0 saturated heterocycles. The van der Waals surface area contributed by atoms with Gasteiger partial charge in [0.2, 0.25) is 10.0 Å². The van der Waals surface area contributed by atoms with Crippen molar-refractivity contribution < 1.29 is 40.6 Å². The number of ether oxygens (including phenoxy) is 1. The number of carbonyl (C=O) groups excluding carboxylic acids is 1. The molecule has 0 aliphatic heterocycles. The van der Waals surface area contributed by atoms with Gasteiger partial charge in [-0.25, -0.2) is 12.8 Å². The molecule has 12 heteroatoms. The number of ketones is 1. The number of phenols is 1. The average molecular weight is 684 g/mol. The molecule has 0 fully saturated rings. The van der Waals surface area contributed by atoms with Crippen molar-refractivity contribution in [1.29, 1.82) is 0 Å². The third kappa shape index (κ3) is 8.37. The zero-order chi connectivity index (χ0) is 33.8. The number of hydrogen-bond acceptors (Lipinski definition) is 5. The van der Waals surface area contributed by atoms with Gasteiger partial charge in [-0.1, -0.05) is 66.2 Å². The Bertz CT molecular complexity index is 1970. The second-order valence-corrected chi connectivity index (χ2v) is 12.9. The lowest BCUT2D eigenvalue weighted by Crippen LogP contribution is -2.30. The van der Waals surface area contributed by atoms with Gasteiger partial charge in [-0.15, -0.1) is 0 Å². The van der Waals surface area contributed by atoms with E-state index in [9.17, 15) is 35.9 Å². The van der Waals surface area contributed by atoms with Gasteiger partial charge in [-0.2, -0.15) is 17.5 Å². The molecular formula is C35H26ClF4NO5S. The Morgan fingerprint density at radius 3 is 1.85 bits per heavy atom. The van der Waals surface area contributed by atoms with Crippen LogP contribution in [0.5, 0.6) is 17.2 Å². The highest BCUT2D eigenvalue weighted by molar-refractivity contribution is 7.89. The lowest BCUT2D eigenvalue weighted by molar-refractivity contribution is -0.137. The van der Waals surface area contributed by atoms with Gasteiger partial charge < -0.3 is 9.84 Å². The molecule has 0 saturated carbocycles. The van der Waals surface area contributed by atoms with E-state index >= 15 is 0 Å². The van der Waals surface area contributed by atoms with E-state index in [0.717, 1.165) is 22.5 Å². The summed E-state index contributed by atoms with van der Waals surface area (Å²) in [7, 11) is -4.53. The maximum Gasteiger partial charge on any atom is 0.416 e. The molecule has 0 aromatic heterocycles. The number of rotatable bonds is 11. The fourth-order valence-corrected chi connectivity index (χ4v) is 6.56. The minimum absolute atomic E-state index is 0.0794. The molecule has 6 nitrogen and oxygen atoms in total. The van der Waals surface area contributed by atoms with Crippen LogP contribution in [0.4, 0.5) is 17.6 Å². The first-order chi connectivity index (χ1) is 22.3. The molecule has 5 aromatic carbocycles. The molecule has 5 aromatic rings. The summed E-state index contributed by atoms with van der Waals surface area (Å²) in [6.45, 7) is -0.453. The molecule has 0 heterocycles. The van der Waals surface area contributed by atoms with Crippen molar-refractivity contribution in [3.05, 3.63) is 154 Å². The highest BCUT2D eigenvalue weighted by atomic mass is 35.5. The summed E-state index contributed by atoms with van der Waals surface area (Å²) >= 11 is 6.27. The number of phenolic OH excluding ortho intramolecular Hbond substituents is 1. The molecule has 0 radical (unpaired) electrons. The molecule has 0 bridgehead atoms. The van der Waals surface area contributed by atoms with Crippen LogP contribution < -0.4 is 4.74 Å². The summed E-state index contributed by atoms with van der Waals surface area (Å²) in [4.78, 5) is 12.6. The Morgan fingerprint density at radius 2 is 1.30 bits per heavy atom. The first-order valence-corrected chi connectivity index (χ1v) is 15.9. The molecule has 0 aliphatic carbocycles. The predicted octanol–water partition coefficient (Wildman–Crippen LogP) is 8.81. The number of halogens is 5. The lowest BCUT2D eigenvalue weighted by Gasteiger charge is -2.24. The second kappa shape index (κ2) is 14.0. The van der Waals surface area contributed by atoms with Crippen molar-refractivity contribution >= 4 is 27.4 Å². The highest BCUT2D eigenvalue weighted by Crippen LogP contribution is 2.35. The van der Waals surface area contributed by atoms with Crippen LogP contribution in [0.3, 0.4) is 0 Å². The number of sulfonamides is 1. The van der Waals surface area contributed by atoms with Crippen molar-refractivity contribution in [2.75, 3.05) is 0 Å². The van der Waals surface area contributed by atoms with Gasteiger partial charge in [0.05, 0.1) is 11.1 Å². The quantitative estimate of drug-likeness (QED) is 0.111. The molecule has 5 rings (SSSR count). The standard InChI is InChI=1S/C35H26ClF4NO5S/c36-27-19-31(32(42)18-23-4-2-1-3-5-23)34(43)33(20-27)47(44,45)41(21-24-6-12-28(37)13-7-24)22-25-8-14-29(15-9-25)46-30-16-10-26(11-17-30)35(38,39)40/h1-17,19-20,43H,18,21-22H2. The van der Waals surface area contributed by atoms with Crippen molar-refractivity contribution in [3.8, 4) is 17.2 Å². The average Bonchev–Trinajstić information content (AvgIpc) is 3.03. The van der Waals surface area contributed by atoms with E-state index in [2.05, 4.69) is 0 Å². The number of hydrogen-bond donors (Lipinski definition) is 1. The predicted molar refractivity (Wildman–Crippen MR) is 168 cm³/mol. The van der Waals surface area contributed by atoms with Gasteiger partial charge in [0, 0.05) is 24.5 Å². The number of aromatic hydroxyl groups is 1. The molecule has 1 N–H and O–H groups in total. The SMILES string of the molecule is O=C(Cc1ccccc1)c1cc(Cl)cc(S(=O)(=O)N(Cc2ccc(F)cc2)Cc2ccc(Oc3ccc(C(F)(F)F)cc3)cc2)c1O.